The maximum atomic E-state index is 12.8. The normalized spacial score (nSPS) is 15.0. The molecule has 0 aliphatic carbocycles. The van der Waals surface area contributed by atoms with Gasteiger partial charge in [-0.2, -0.15) is 0 Å². The third-order valence-electron chi connectivity index (χ3n) is 4.62. The molecule has 7 nitrogen and oxygen atoms in total. The summed E-state index contributed by atoms with van der Waals surface area (Å²) in [5.41, 5.74) is 1.17. The Balaban J connectivity index is 1.58. The van der Waals surface area contributed by atoms with E-state index < -0.39 is 4.92 Å². The van der Waals surface area contributed by atoms with Crippen LogP contribution in [0.4, 0.5) is 5.69 Å². The molecule has 1 amide bonds. The van der Waals surface area contributed by atoms with Gasteiger partial charge in [0.15, 0.2) is 0 Å². The van der Waals surface area contributed by atoms with Crippen molar-refractivity contribution in [3.63, 3.8) is 0 Å². The summed E-state index contributed by atoms with van der Waals surface area (Å²) in [5, 5.41) is 11.4. The Hall–Kier alpha value is -3.43. The predicted molar refractivity (Wildman–Crippen MR) is 123 cm³/mol. The van der Waals surface area contributed by atoms with Gasteiger partial charge in [-0.1, -0.05) is 54.3 Å². The van der Waals surface area contributed by atoms with E-state index in [0.717, 1.165) is 5.56 Å². The van der Waals surface area contributed by atoms with E-state index in [1.54, 1.807) is 35.2 Å². The zero-order chi connectivity index (χ0) is 22.0. The van der Waals surface area contributed by atoms with Crippen molar-refractivity contribution in [3.8, 4) is 17.1 Å². The number of carbonyl (C=O) groups is 1. The minimum Gasteiger partial charge on any atom is -0.497 e. The van der Waals surface area contributed by atoms with Gasteiger partial charge in [-0.3, -0.25) is 19.8 Å². The molecule has 3 aromatic rings. The number of rotatable bonds is 6. The fourth-order valence-electron chi connectivity index (χ4n) is 3.10. The average Bonchev–Trinajstić information content (AvgIpc) is 3.34. The van der Waals surface area contributed by atoms with Crippen LogP contribution in [0.25, 0.3) is 17.4 Å². The van der Waals surface area contributed by atoms with E-state index >= 15 is 0 Å². The fourth-order valence-corrected chi connectivity index (χ4v) is 4.34. The van der Waals surface area contributed by atoms with Crippen molar-refractivity contribution in [3.05, 3.63) is 87.0 Å². The summed E-state index contributed by atoms with van der Waals surface area (Å²) in [6, 6.07) is 17.4. The number of benzene rings is 2. The van der Waals surface area contributed by atoms with Gasteiger partial charge in [-0.15, -0.1) is 0 Å². The number of amides is 1. The van der Waals surface area contributed by atoms with Crippen LogP contribution in [0.5, 0.6) is 5.75 Å². The summed E-state index contributed by atoms with van der Waals surface area (Å²) in [7, 11) is 1.44. The number of hydrogen-bond acceptors (Lipinski definition) is 7. The zero-order valence-electron chi connectivity index (χ0n) is 16.3. The van der Waals surface area contributed by atoms with Gasteiger partial charge in [0, 0.05) is 6.08 Å². The van der Waals surface area contributed by atoms with Gasteiger partial charge >= 0.3 is 0 Å². The van der Waals surface area contributed by atoms with Crippen molar-refractivity contribution in [2.24, 2.45) is 0 Å². The van der Waals surface area contributed by atoms with E-state index in [0.29, 0.717) is 38.6 Å². The molecule has 0 N–H and O–H groups in total. The molecule has 2 heterocycles. The van der Waals surface area contributed by atoms with Crippen LogP contribution in [0.2, 0.25) is 0 Å². The van der Waals surface area contributed by atoms with Crippen LogP contribution in [-0.4, -0.2) is 27.2 Å². The fraction of sp³-hybridized carbons (Fsp3) is 0.0909. The Bertz CT molecular complexity index is 1200. The number of carbonyl (C=O) groups excluding carboxylic acids is 1. The van der Waals surface area contributed by atoms with Crippen molar-refractivity contribution in [1.82, 2.24) is 4.90 Å². The molecule has 1 aliphatic rings. The monoisotopic (exact) mass is 452 g/mol. The Labute approximate surface area is 187 Å². The first kappa shape index (κ1) is 20.8. The van der Waals surface area contributed by atoms with Crippen molar-refractivity contribution in [2.75, 3.05) is 7.11 Å². The van der Waals surface area contributed by atoms with E-state index in [1.165, 1.54) is 24.9 Å². The molecule has 0 unspecified atom stereocenters. The van der Waals surface area contributed by atoms with Crippen molar-refractivity contribution < 1.29 is 18.9 Å². The third-order valence-corrected chi connectivity index (χ3v) is 6.00. The summed E-state index contributed by atoms with van der Waals surface area (Å²) < 4.78 is 11.3. The van der Waals surface area contributed by atoms with Gasteiger partial charge in [0.05, 0.1) is 35.1 Å². The molecule has 31 heavy (non-hydrogen) atoms. The summed E-state index contributed by atoms with van der Waals surface area (Å²) in [6.45, 7) is 0.393. The lowest BCUT2D eigenvalue weighted by Crippen LogP contribution is -2.27. The molecule has 9 heteroatoms. The lowest BCUT2D eigenvalue weighted by atomic mass is 10.1. The first-order valence-corrected chi connectivity index (χ1v) is 10.4. The van der Waals surface area contributed by atoms with E-state index in [1.807, 2.05) is 30.3 Å². The van der Waals surface area contributed by atoms with Crippen LogP contribution in [0, 0.1) is 10.1 Å². The van der Waals surface area contributed by atoms with E-state index in [9.17, 15) is 14.9 Å². The molecule has 0 spiro atoms. The Morgan fingerprint density at radius 2 is 1.97 bits per heavy atom. The highest BCUT2D eigenvalue weighted by atomic mass is 32.2. The van der Waals surface area contributed by atoms with Gasteiger partial charge in [-0.25, -0.2) is 0 Å². The highest BCUT2D eigenvalue weighted by Gasteiger charge is 2.32. The van der Waals surface area contributed by atoms with Gasteiger partial charge < -0.3 is 9.15 Å². The molecule has 1 aliphatic heterocycles. The standard InChI is InChI=1S/C22H16N2O5S2/c1-28-15-7-9-17(18(11-15)24(26)27)19-10-8-16(29-19)12-20-21(25)23(22(30)31-20)13-14-5-3-2-4-6-14/h2-12H,13H2,1H3/b20-12+. The molecule has 0 radical (unpaired) electrons. The molecule has 4 rings (SSSR count). The summed E-state index contributed by atoms with van der Waals surface area (Å²) in [6.07, 6.45) is 1.60. The summed E-state index contributed by atoms with van der Waals surface area (Å²) in [4.78, 5) is 25.7. The molecule has 0 saturated carbocycles. The van der Waals surface area contributed by atoms with Crippen LogP contribution in [0.3, 0.4) is 0 Å². The van der Waals surface area contributed by atoms with Crippen LogP contribution >= 0.6 is 24.0 Å². The molecule has 1 saturated heterocycles. The molecule has 0 atom stereocenters. The second-order valence-corrected chi connectivity index (χ2v) is 8.27. The first-order valence-electron chi connectivity index (χ1n) is 9.18. The number of ether oxygens (including phenoxy) is 1. The number of furan rings is 1. The van der Waals surface area contributed by atoms with Crippen LogP contribution in [-0.2, 0) is 11.3 Å². The smallest absolute Gasteiger partial charge is 0.284 e. The van der Waals surface area contributed by atoms with Gasteiger partial charge in [0.2, 0.25) is 0 Å². The Kier molecular flexibility index (Phi) is 5.88. The molecular formula is C22H16N2O5S2. The quantitative estimate of drug-likeness (QED) is 0.218. The number of nitro benzene ring substituents is 1. The average molecular weight is 453 g/mol. The molecule has 0 bridgehead atoms. The third kappa shape index (κ3) is 4.37. The second-order valence-electron chi connectivity index (χ2n) is 6.60. The van der Waals surface area contributed by atoms with Crippen molar-refractivity contribution in [1.29, 1.82) is 0 Å². The van der Waals surface area contributed by atoms with Crippen LogP contribution in [0.1, 0.15) is 11.3 Å². The Morgan fingerprint density at radius 3 is 2.68 bits per heavy atom. The van der Waals surface area contributed by atoms with Gasteiger partial charge in [-0.05, 0) is 29.8 Å². The van der Waals surface area contributed by atoms with E-state index in [4.69, 9.17) is 21.4 Å². The number of nitrogens with zero attached hydrogens (tertiary/aromatic N) is 2. The van der Waals surface area contributed by atoms with Crippen molar-refractivity contribution in [2.45, 2.75) is 6.54 Å². The highest BCUT2D eigenvalue weighted by molar-refractivity contribution is 8.26. The molecule has 2 aromatic carbocycles. The second kappa shape index (κ2) is 8.75. The number of hydrogen-bond donors (Lipinski definition) is 0. The number of nitro groups is 1. The zero-order valence-corrected chi connectivity index (χ0v) is 17.9. The van der Waals surface area contributed by atoms with Gasteiger partial charge in [0.1, 0.15) is 21.6 Å². The SMILES string of the molecule is COc1ccc(-c2ccc(/C=C3/SC(=S)N(Cc4ccccc4)C3=O)o2)c([N+](=O)[O-])c1. The lowest BCUT2D eigenvalue weighted by molar-refractivity contribution is -0.384. The lowest BCUT2D eigenvalue weighted by Gasteiger charge is -2.14. The molecular weight excluding hydrogens is 436 g/mol. The number of thioether (sulfide) groups is 1. The highest BCUT2D eigenvalue weighted by Crippen LogP contribution is 2.37. The largest absolute Gasteiger partial charge is 0.497 e. The minimum absolute atomic E-state index is 0.130. The number of methoxy groups -OCH3 is 1. The minimum atomic E-state index is -0.491. The molecule has 1 fully saturated rings. The Morgan fingerprint density at radius 1 is 1.19 bits per heavy atom. The van der Waals surface area contributed by atoms with E-state index in [-0.39, 0.29) is 11.6 Å². The van der Waals surface area contributed by atoms with Crippen molar-refractivity contribution >= 4 is 46.0 Å². The maximum Gasteiger partial charge on any atom is 0.284 e. The molecule has 1 aromatic heterocycles. The van der Waals surface area contributed by atoms with Gasteiger partial charge in [0.25, 0.3) is 11.6 Å². The maximum absolute atomic E-state index is 12.8. The molecule has 156 valence electrons. The van der Waals surface area contributed by atoms with E-state index in [2.05, 4.69) is 0 Å². The first-order chi connectivity index (χ1) is 15.0. The van der Waals surface area contributed by atoms with Crippen LogP contribution < -0.4 is 4.74 Å². The topological polar surface area (TPSA) is 85.8 Å². The number of thiocarbonyl (C=S) groups is 1. The predicted octanol–water partition coefficient (Wildman–Crippen LogP) is 5.26. The van der Waals surface area contributed by atoms with Crippen LogP contribution in [0.15, 0.2) is 70.0 Å². The summed E-state index contributed by atoms with van der Waals surface area (Å²) in [5.74, 6) is 0.900. The summed E-state index contributed by atoms with van der Waals surface area (Å²) >= 11 is 6.57.